The molecule has 1 heterocycles. The first-order valence-electron chi connectivity index (χ1n) is 10.5. The molecule has 1 saturated heterocycles. The molecule has 3 aliphatic rings. The lowest BCUT2D eigenvalue weighted by molar-refractivity contribution is -0.117. The lowest BCUT2D eigenvalue weighted by Gasteiger charge is -2.26. The number of carbonyl (C=O) groups excluding carboxylic acids is 1. The minimum Gasteiger partial charge on any atom is -0.495 e. The minimum absolute atomic E-state index is 0.0524. The second kappa shape index (κ2) is 8.03. The molecule has 0 unspecified atom stereocenters. The summed E-state index contributed by atoms with van der Waals surface area (Å²) in [6, 6.07) is 4.74. The number of methoxy groups -OCH3 is 1. The number of hydrogen-bond donors (Lipinski definition) is 1. The quantitative estimate of drug-likeness (QED) is 0.783. The van der Waals surface area contributed by atoms with Gasteiger partial charge in [0.15, 0.2) is 0 Å². The third-order valence-corrected chi connectivity index (χ3v) is 8.62. The van der Waals surface area contributed by atoms with E-state index in [4.69, 9.17) is 4.74 Å². The Morgan fingerprint density at radius 3 is 2.61 bits per heavy atom. The van der Waals surface area contributed by atoms with Gasteiger partial charge in [-0.15, -0.1) is 0 Å². The van der Waals surface area contributed by atoms with E-state index < -0.39 is 10.0 Å². The van der Waals surface area contributed by atoms with Crippen molar-refractivity contribution < 1.29 is 17.9 Å². The van der Waals surface area contributed by atoms with Crippen LogP contribution in [0.2, 0.25) is 0 Å². The third kappa shape index (κ3) is 3.92. The predicted octanol–water partition coefficient (Wildman–Crippen LogP) is 3.63. The number of piperidine rings is 1. The van der Waals surface area contributed by atoms with E-state index in [9.17, 15) is 13.2 Å². The van der Waals surface area contributed by atoms with Gasteiger partial charge in [-0.3, -0.25) is 4.79 Å². The highest BCUT2D eigenvalue weighted by atomic mass is 32.2. The first-order chi connectivity index (χ1) is 13.5. The van der Waals surface area contributed by atoms with Crippen LogP contribution in [-0.4, -0.2) is 38.8 Å². The molecule has 2 bridgehead atoms. The van der Waals surface area contributed by atoms with Gasteiger partial charge in [-0.05, 0) is 68.1 Å². The number of fused-ring (bicyclic) bond motifs is 2. The van der Waals surface area contributed by atoms with Crippen molar-refractivity contribution in [2.45, 2.75) is 56.3 Å². The van der Waals surface area contributed by atoms with Crippen LogP contribution < -0.4 is 10.1 Å². The van der Waals surface area contributed by atoms with Crippen molar-refractivity contribution >= 4 is 21.6 Å². The van der Waals surface area contributed by atoms with Crippen LogP contribution in [0.4, 0.5) is 5.69 Å². The van der Waals surface area contributed by atoms with Crippen LogP contribution in [0.5, 0.6) is 5.75 Å². The largest absolute Gasteiger partial charge is 0.495 e. The summed E-state index contributed by atoms with van der Waals surface area (Å²) in [6.07, 6.45) is 8.34. The lowest BCUT2D eigenvalue weighted by atomic mass is 9.86. The Kier molecular flexibility index (Phi) is 5.65. The summed E-state index contributed by atoms with van der Waals surface area (Å²) in [5.41, 5.74) is 0.439. The molecular weight excluding hydrogens is 376 g/mol. The van der Waals surface area contributed by atoms with Gasteiger partial charge in [-0.2, -0.15) is 4.31 Å². The summed E-state index contributed by atoms with van der Waals surface area (Å²) >= 11 is 0. The highest BCUT2D eigenvalue weighted by Crippen LogP contribution is 2.49. The van der Waals surface area contributed by atoms with Crippen LogP contribution in [0.25, 0.3) is 0 Å². The topological polar surface area (TPSA) is 75.7 Å². The van der Waals surface area contributed by atoms with Gasteiger partial charge in [0.25, 0.3) is 0 Å². The maximum atomic E-state index is 13.0. The van der Waals surface area contributed by atoms with Crippen LogP contribution in [0.3, 0.4) is 0 Å². The molecule has 3 atom stereocenters. The molecule has 1 aromatic carbocycles. The Hall–Kier alpha value is -1.60. The summed E-state index contributed by atoms with van der Waals surface area (Å²) in [4.78, 5) is 12.9. The van der Waals surface area contributed by atoms with Crippen LogP contribution in [-0.2, 0) is 14.8 Å². The molecule has 3 fully saturated rings. The van der Waals surface area contributed by atoms with E-state index in [0.29, 0.717) is 42.8 Å². The van der Waals surface area contributed by atoms with Crippen molar-refractivity contribution in [2.75, 3.05) is 25.5 Å². The number of hydrogen-bond acceptors (Lipinski definition) is 4. The zero-order valence-corrected chi connectivity index (χ0v) is 17.3. The van der Waals surface area contributed by atoms with Crippen LogP contribution in [0.15, 0.2) is 23.1 Å². The molecule has 0 radical (unpaired) electrons. The van der Waals surface area contributed by atoms with Crippen LogP contribution in [0.1, 0.15) is 51.4 Å². The van der Waals surface area contributed by atoms with Gasteiger partial charge in [0, 0.05) is 19.5 Å². The number of nitrogens with one attached hydrogen (secondary N) is 1. The molecule has 7 heteroatoms. The molecule has 4 rings (SSSR count). The number of amides is 1. The molecule has 1 aliphatic heterocycles. The number of nitrogens with zero attached hydrogens (tertiary/aromatic N) is 1. The molecular formula is C21H30N2O4S. The fourth-order valence-corrected chi connectivity index (χ4v) is 6.81. The number of ether oxygens (including phenoxy) is 1. The van der Waals surface area contributed by atoms with E-state index in [2.05, 4.69) is 5.32 Å². The maximum Gasteiger partial charge on any atom is 0.243 e. The Balaban J connectivity index is 1.49. The van der Waals surface area contributed by atoms with E-state index in [-0.39, 0.29) is 10.8 Å². The molecule has 2 aliphatic carbocycles. The normalized spacial score (nSPS) is 27.7. The number of benzene rings is 1. The minimum atomic E-state index is -3.55. The number of sulfonamides is 1. The van der Waals surface area contributed by atoms with Gasteiger partial charge in [0.05, 0.1) is 17.7 Å². The Morgan fingerprint density at radius 1 is 1.18 bits per heavy atom. The maximum absolute atomic E-state index is 13.0. The Morgan fingerprint density at radius 2 is 1.96 bits per heavy atom. The average Bonchev–Trinajstić information content (AvgIpc) is 3.31. The van der Waals surface area contributed by atoms with Gasteiger partial charge in [-0.25, -0.2) is 8.42 Å². The molecule has 28 heavy (non-hydrogen) atoms. The summed E-state index contributed by atoms with van der Waals surface area (Å²) in [6.45, 7) is 1.11. The molecule has 2 saturated carbocycles. The highest BCUT2D eigenvalue weighted by Gasteiger charge is 2.40. The van der Waals surface area contributed by atoms with Crippen molar-refractivity contribution in [3.63, 3.8) is 0 Å². The van der Waals surface area contributed by atoms with E-state index >= 15 is 0 Å². The van der Waals surface area contributed by atoms with Gasteiger partial charge in [0.1, 0.15) is 5.75 Å². The van der Waals surface area contributed by atoms with Crippen molar-refractivity contribution in [3.05, 3.63) is 18.2 Å². The zero-order chi connectivity index (χ0) is 19.7. The van der Waals surface area contributed by atoms with Crippen molar-refractivity contribution in [1.82, 2.24) is 4.31 Å². The smallest absolute Gasteiger partial charge is 0.243 e. The Bertz CT molecular complexity index is 833. The second-order valence-electron chi connectivity index (χ2n) is 8.51. The summed E-state index contributed by atoms with van der Waals surface area (Å²) in [5.74, 6) is 2.38. The second-order valence-corrected chi connectivity index (χ2v) is 10.5. The van der Waals surface area contributed by atoms with E-state index in [1.165, 1.54) is 26.4 Å². The summed E-state index contributed by atoms with van der Waals surface area (Å²) in [7, 11) is -2.02. The van der Waals surface area contributed by atoms with Crippen molar-refractivity contribution in [2.24, 2.45) is 17.8 Å². The molecule has 1 amide bonds. The summed E-state index contributed by atoms with van der Waals surface area (Å²) < 4.78 is 32.8. The van der Waals surface area contributed by atoms with Gasteiger partial charge in [-0.1, -0.05) is 12.8 Å². The van der Waals surface area contributed by atoms with E-state index in [1.807, 2.05) is 0 Å². The predicted molar refractivity (Wildman–Crippen MR) is 108 cm³/mol. The fourth-order valence-electron chi connectivity index (χ4n) is 5.27. The number of carbonyl (C=O) groups is 1. The third-order valence-electron chi connectivity index (χ3n) is 6.73. The van der Waals surface area contributed by atoms with Crippen LogP contribution in [0, 0.1) is 17.8 Å². The molecule has 0 spiro atoms. The number of rotatable bonds is 6. The summed E-state index contributed by atoms with van der Waals surface area (Å²) in [5, 5.41) is 2.92. The average molecular weight is 407 g/mol. The van der Waals surface area contributed by atoms with Crippen molar-refractivity contribution in [3.8, 4) is 5.75 Å². The first-order valence-corrected chi connectivity index (χ1v) is 11.9. The van der Waals surface area contributed by atoms with Gasteiger partial charge < -0.3 is 10.1 Å². The van der Waals surface area contributed by atoms with Gasteiger partial charge in [0.2, 0.25) is 15.9 Å². The molecule has 6 nitrogen and oxygen atoms in total. The monoisotopic (exact) mass is 406 g/mol. The van der Waals surface area contributed by atoms with Crippen LogP contribution >= 0.6 is 0 Å². The molecule has 1 N–H and O–H groups in total. The number of anilines is 1. The lowest BCUT2D eigenvalue weighted by Crippen LogP contribution is -2.35. The van der Waals surface area contributed by atoms with Crippen molar-refractivity contribution in [1.29, 1.82) is 0 Å². The SMILES string of the molecule is COc1ccc(S(=O)(=O)N2CCCCC2)cc1NC(=O)C[C@H]1C[C@H]2CC[C@@H]1C2. The van der Waals surface area contributed by atoms with E-state index in [0.717, 1.165) is 31.6 Å². The molecule has 154 valence electrons. The molecule has 1 aromatic rings. The van der Waals surface area contributed by atoms with E-state index in [1.54, 1.807) is 22.5 Å². The zero-order valence-electron chi connectivity index (χ0n) is 16.5. The molecule has 0 aromatic heterocycles. The fraction of sp³-hybridized carbons (Fsp3) is 0.667. The first kappa shape index (κ1) is 19.7. The highest BCUT2D eigenvalue weighted by molar-refractivity contribution is 7.89. The Labute approximate surface area is 167 Å². The standard InChI is InChI=1S/C21H30N2O4S/c1-27-20-8-7-18(28(25,26)23-9-3-2-4-10-23)14-19(20)22-21(24)13-17-12-15-5-6-16(17)11-15/h7-8,14-17H,2-6,9-13H2,1H3,(H,22,24)/t15-,16+,17+/m0/s1. The van der Waals surface area contributed by atoms with Gasteiger partial charge >= 0.3 is 0 Å².